The van der Waals surface area contributed by atoms with Crippen molar-refractivity contribution in [1.29, 1.82) is 0 Å². The number of carbonyl (C=O) groups is 1. The molecule has 2 aromatic heterocycles. The number of hydrogen-bond acceptors (Lipinski definition) is 9. The molecule has 1 fully saturated rings. The monoisotopic (exact) mass is 391 g/mol. The highest BCUT2D eigenvalue weighted by atomic mass is 32.1. The summed E-state index contributed by atoms with van der Waals surface area (Å²) < 4.78 is 10.4. The molecule has 3 rings (SSSR count). The fourth-order valence-electron chi connectivity index (χ4n) is 2.94. The molecule has 0 spiro atoms. The third kappa shape index (κ3) is 5.36. The summed E-state index contributed by atoms with van der Waals surface area (Å²) in [7, 11) is 0. The second-order valence-electron chi connectivity index (χ2n) is 6.14. The fraction of sp³-hybridized carbons (Fsp3) is 0.556. The first-order valence-electron chi connectivity index (χ1n) is 9.25. The van der Waals surface area contributed by atoms with Gasteiger partial charge in [0.15, 0.2) is 0 Å². The van der Waals surface area contributed by atoms with E-state index in [1.807, 2.05) is 13.0 Å². The lowest BCUT2D eigenvalue weighted by Crippen LogP contribution is -2.31. The Kier molecular flexibility index (Phi) is 6.94. The number of rotatable bonds is 7. The topological polar surface area (TPSA) is 80.7 Å². The van der Waals surface area contributed by atoms with Crippen LogP contribution in [0.1, 0.15) is 35.6 Å². The van der Waals surface area contributed by atoms with E-state index in [2.05, 4.69) is 25.0 Å². The highest BCUT2D eigenvalue weighted by Crippen LogP contribution is 2.20. The van der Waals surface area contributed by atoms with Gasteiger partial charge in [0.1, 0.15) is 10.8 Å². The van der Waals surface area contributed by atoms with Crippen LogP contribution in [0, 0.1) is 0 Å². The Morgan fingerprint density at radius 3 is 2.78 bits per heavy atom. The van der Waals surface area contributed by atoms with Gasteiger partial charge in [-0.1, -0.05) is 11.3 Å². The van der Waals surface area contributed by atoms with Crippen molar-refractivity contribution in [2.24, 2.45) is 0 Å². The lowest BCUT2D eigenvalue weighted by atomic mass is 10.2. The van der Waals surface area contributed by atoms with Crippen LogP contribution in [0.25, 0.3) is 0 Å². The molecule has 8 nitrogen and oxygen atoms in total. The van der Waals surface area contributed by atoms with Crippen LogP contribution in [0.15, 0.2) is 18.3 Å². The number of aromatic nitrogens is 3. The maximum absolute atomic E-state index is 11.7. The summed E-state index contributed by atoms with van der Waals surface area (Å²) in [6.45, 7) is 9.23. The van der Waals surface area contributed by atoms with Crippen molar-refractivity contribution in [1.82, 2.24) is 20.1 Å². The van der Waals surface area contributed by atoms with E-state index >= 15 is 0 Å². The van der Waals surface area contributed by atoms with Gasteiger partial charge in [-0.05, 0) is 32.4 Å². The lowest BCUT2D eigenvalue weighted by Gasteiger charge is -2.22. The third-order valence-corrected chi connectivity index (χ3v) is 5.07. The Balaban J connectivity index is 1.55. The second-order valence-corrected chi connectivity index (χ2v) is 7.16. The van der Waals surface area contributed by atoms with Gasteiger partial charge in [-0.15, -0.1) is 10.2 Å². The van der Waals surface area contributed by atoms with Gasteiger partial charge in [-0.2, -0.15) is 0 Å². The summed E-state index contributed by atoms with van der Waals surface area (Å²) in [6.07, 6.45) is 2.63. The van der Waals surface area contributed by atoms with Crippen LogP contribution < -0.4 is 9.64 Å². The summed E-state index contributed by atoms with van der Waals surface area (Å²) in [5, 5.41) is 9.87. The largest absolute Gasteiger partial charge is 0.469 e. The number of esters is 1. The van der Waals surface area contributed by atoms with Crippen LogP contribution in [-0.4, -0.2) is 65.4 Å². The van der Waals surface area contributed by atoms with Crippen molar-refractivity contribution in [3.05, 3.63) is 28.9 Å². The van der Waals surface area contributed by atoms with E-state index < -0.39 is 0 Å². The quantitative estimate of drug-likeness (QED) is 0.665. The summed E-state index contributed by atoms with van der Waals surface area (Å²) in [4.78, 5) is 20.8. The molecule has 1 aliphatic rings. The number of hydrogen-bond donors (Lipinski definition) is 0. The van der Waals surface area contributed by atoms with Crippen LogP contribution in [-0.2, 0) is 11.3 Å². The first-order valence-corrected chi connectivity index (χ1v) is 10.1. The number of ether oxygens (including phenoxy) is 2. The van der Waals surface area contributed by atoms with Crippen molar-refractivity contribution in [2.45, 2.75) is 26.8 Å². The smallest absolute Gasteiger partial charge is 0.339 e. The molecule has 0 amide bonds. The van der Waals surface area contributed by atoms with Gasteiger partial charge in [-0.3, -0.25) is 4.90 Å². The van der Waals surface area contributed by atoms with Crippen molar-refractivity contribution < 1.29 is 14.3 Å². The molecule has 146 valence electrons. The van der Waals surface area contributed by atoms with Crippen molar-refractivity contribution >= 4 is 23.1 Å². The Morgan fingerprint density at radius 2 is 2.04 bits per heavy atom. The summed E-state index contributed by atoms with van der Waals surface area (Å²) in [5.41, 5.74) is 0.485. The SMILES string of the molecule is CCOC(=O)c1ccc(N2CCCN(Cc3nnc(OCC)s3)CC2)nc1. The number of nitrogens with zero attached hydrogens (tertiary/aromatic N) is 5. The molecule has 0 saturated carbocycles. The second kappa shape index (κ2) is 9.61. The van der Waals surface area contributed by atoms with Gasteiger partial charge in [0, 0.05) is 32.4 Å². The lowest BCUT2D eigenvalue weighted by molar-refractivity contribution is 0.0526. The Labute approximate surface area is 163 Å². The molecule has 0 aliphatic carbocycles. The average molecular weight is 391 g/mol. The Bertz CT molecular complexity index is 737. The summed E-state index contributed by atoms with van der Waals surface area (Å²) >= 11 is 1.51. The minimum Gasteiger partial charge on any atom is -0.469 e. The van der Waals surface area contributed by atoms with Gasteiger partial charge in [-0.25, -0.2) is 9.78 Å². The maximum Gasteiger partial charge on any atom is 0.339 e. The fourth-order valence-corrected chi connectivity index (χ4v) is 3.73. The van der Waals surface area contributed by atoms with Gasteiger partial charge in [0.25, 0.3) is 5.19 Å². The molecule has 0 aromatic carbocycles. The molecule has 0 N–H and O–H groups in total. The average Bonchev–Trinajstić information content (AvgIpc) is 2.98. The van der Waals surface area contributed by atoms with E-state index in [4.69, 9.17) is 9.47 Å². The number of carbonyl (C=O) groups excluding carboxylic acids is 1. The minimum atomic E-state index is -0.331. The Hall–Kier alpha value is -2.26. The standard InChI is InChI=1S/C18H25N5O3S/c1-3-25-17(24)14-6-7-15(19-12-14)23-9-5-8-22(10-11-23)13-16-20-21-18(27-16)26-4-2/h6-7,12H,3-5,8-11,13H2,1-2H3. The molecule has 0 atom stereocenters. The third-order valence-electron chi connectivity index (χ3n) is 4.25. The molecule has 27 heavy (non-hydrogen) atoms. The van der Waals surface area contributed by atoms with Crippen molar-refractivity contribution in [3.8, 4) is 5.19 Å². The van der Waals surface area contributed by atoms with Crippen LogP contribution in [0.3, 0.4) is 0 Å². The van der Waals surface area contributed by atoms with E-state index in [0.29, 0.717) is 24.0 Å². The van der Waals surface area contributed by atoms with E-state index in [9.17, 15) is 4.79 Å². The van der Waals surface area contributed by atoms with Crippen LogP contribution in [0.4, 0.5) is 5.82 Å². The molecule has 3 heterocycles. The number of anilines is 1. The normalized spacial score (nSPS) is 15.4. The highest BCUT2D eigenvalue weighted by molar-refractivity contribution is 7.13. The van der Waals surface area contributed by atoms with Gasteiger partial charge in [0.2, 0.25) is 0 Å². The molecule has 0 unspecified atom stereocenters. The molecular formula is C18H25N5O3S. The van der Waals surface area contributed by atoms with Gasteiger partial charge >= 0.3 is 5.97 Å². The van der Waals surface area contributed by atoms with Gasteiger partial charge < -0.3 is 14.4 Å². The number of pyridine rings is 1. The maximum atomic E-state index is 11.7. The minimum absolute atomic E-state index is 0.331. The molecular weight excluding hydrogens is 366 g/mol. The molecule has 1 saturated heterocycles. The first-order chi connectivity index (χ1) is 13.2. The van der Waals surface area contributed by atoms with Crippen LogP contribution >= 0.6 is 11.3 Å². The van der Waals surface area contributed by atoms with E-state index in [0.717, 1.165) is 50.0 Å². The first kappa shape index (κ1) is 19.5. The van der Waals surface area contributed by atoms with E-state index in [-0.39, 0.29) is 5.97 Å². The van der Waals surface area contributed by atoms with Gasteiger partial charge in [0.05, 0.1) is 25.3 Å². The Morgan fingerprint density at radius 1 is 1.15 bits per heavy atom. The molecule has 2 aromatic rings. The van der Waals surface area contributed by atoms with Crippen LogP contribution in [0.5, 0.6) is 5.19 Å². The van der Waals surface area contributed by atoms with Crippen molar-refractivity contribution in [3.63, 3.8) is 0 Å². The van der Waals surface area contributed by atoms with E-state index in [1.54, 1.807) is 19.2 Å². The zero-order chi connectivity index (χ0) is 19.1. The summed E-state index contributed by atoms with van der Waals surface area (Å²) in [5.74, 6) is 0.557. The van der Waals surface area contributed by atoms with Crippen molar-refractivity contribution in [2.75, 3.05) is 44.3 Å². The van der Waals surface area contributed by atoms with Crippen LogP contribution in [0.2, 0.25) is 0 Å². The van der Waals surface area contributed by atoms with E-state index in [1.165, 1.54) is 11.3 Å². The molecule has 0 radical (unpaired) electrons. The zero-order valence-electron chi connectivity index (χ0n) is 15.8. The molecule has 9 heteroatoms. The molecule has 0 bridgehead atoms. The molecule has 1 aliphatic heterocycles. The highest BCUT2D eigenvalue weighted by Gasteiger charge is 2.18. The predicted molar refractivity (Wildman–Crippen MR) is 103 cm³/mol. The predicted octanol–water partition coefficient (Wildman–Crippen LogP) is 2.22. The summed E-state index contributed by atoms with van der Waals surface area (Å²) in [6, 6.07) is 3.67. The zero-order valence-corrected chi connectivity index (χ0v) is 16.6.